The molecule has 0 aromatic heterocycles. The molecule has 2 unspecified atom stereocenters. The molecule has 1 aromatic rings. The molecule has 20 heavy (non-hydrogen) atoms. The van der Waals surface area contributed by atoms with Crippen LogP contribution in [0.1, 0.15) is 30.6 Å². The number of nitro benzene ring substituents is 1. The van der Waals surface area contributed by atoms with Crippen LogP contribution in [0.2, 0.25) is 0 Å². The van der Waals surface area contributed by atoms with Gasteiger partial charge >= 0.3 is 0 Å². The molecular weight excluding hydrogens is 265 g/mol. The number of hydrogen-bond acceptors (Lipinski definition) is 4. The molecule has 1 fully saturated rings. The quantitative estimate of drug-likeness (QED) is 0.511. The molecule has 0 bridgehead atoms. The zero-order chi connectivity index (χ0) is 15.0. The Bertz CT molecular complexity index is 576. The van der Waals surface area contributed by atoms with Crippen molar-refractivity contribution < 1.29 is 14.1 Å². The molecule has 1 heterocycles. The van der Waals surface area contributed by atoms with Gasteiger partial charge in [0.1, 0.15) is 17.1 Å². The molecule has 2 atom stereocenters. The number of anilines is 1. The molecule has 7 heteroatoms. The van der Waals surface area contributed by atoms with Crippen LogP contribution in [0.4, 0.5) is 15.8 Å². The van der Waals surface area contributed by atoms with Gasteiger partial charge in [0, 0.05) is 18.7 Å². The van der Waals surface area contributed by atoms with Crippen LogP contribution in [0.25, 0.3) is 0 Å². The van der Waals surface area contributed by atoms with Gasteiger partial charge in [0.25, 0.3) is 11.6 Å². The number of carbonyl (C=O) groups is 1. The number of nitrogens with two attached hydrogens (primary N) is 1. The highest BCUT2D eigenvalue weighted by molar-refractivity contribution is 6.01. The monoisotopic (exact) mass is 281 g/mol. The summed E-state index contributed by atoms with van der Waals surface area (Å²) < 4.78 is 13.9. The van der Waals surface area contributed by atoms with Crippen LogP contribution in [-0.2, 0) is 0 Å². The van der Waals surface area contributed by atoms with Gasteiger partial charge in [-0.1, -0.05) is 6.92 Å². The summed E-state index contributed by atoms with van der Waals surface area (Å²) in [5, 5.41) is 10.8. The van der Waals surface area contributed by atoms with Crippen LogP contribution in [-0.4, -0.2) is 28.3 Å². The number of amides is 1. The molecule has 6 nitrogen and oxygen atoms in total. The smallest absolute Gasteiger partial charge is 0.293 e. The summed E-state index contributed by atoms with van der Waals surface area (Å²) in [7, 11) is 0. The van der Waals surface area contributed by atoms with E-state index in [1.54, 1.807) is 0 Å². The molecule has 1 aromatic carbocycles. The number of likely N-dealkylation sites (tertiary alicyclic amines) is 1. The number of hydrogen-bond donors (Lipinski definition) is 1. The second-order valence-electron chi connectivity index (χ2n) is 5.26. The SMILES string of the molecule is CC1CC(C)N(C(=O)c2c(F)ccc([N+](=O)[O-])c2N)C1. The average Bonchev–Trinajstić information content (AvgIpc) is 2.67. The van der Waals surface area contributed by atoms with E-state index in [1.807, 2.05) is 13.8 Å². The van der Waals surface area contributed by atoms with Crippen molar-refractivity contribution in [2.24, 2.45) is 5.92 Å². The Morgan fingerprint density at radius 3 is 2.65 bits per heavy atom. The van der Waals surface area contributed by atoms with Gasteiger partial charge in [0.2, 0.25) is 0 Å². The van der Waals surface area contributed by atoms with Gasteiger partial charge < -0.3 is 10.6 Å². The van der Waals surface area contributed by atoms with Gasteiger partial charge in [-0.2, -0.15) is 0 Å². The first kappa shape index (κ1) is 14.2. The Balaban J connectivity index is 2.44. The van der Waals surface area contributed by atoms with E-state index in [2.05, 4.69) is 0 Å². The maximum absolute atomic E-state index is 13.9. The Morgan fingerprint density at radius 2 is 2.15 bits per heavy atom. The molecule has 0 saturated carbocycles. The van der Waals surface area contributed by atoms with Crippen molar-refractivity contribution in [2.75, 3.05) is 12.3 Å². The molecule has 1 aliphatic heterocycles. The lowest BCUT2D eigenvalue weighted by Gasteiger charge is -2.22. The van der Waals surface area contributed by atoms with Gasteiger partial charge in [-0.15, -0.1) is 0 Å². The predicted octanol–water partition coefficient (Wildman–Crippen LogP) is 2.19. The molecule has 1 aliphatic rings. The van der Waals surface area contributed by atoms with E-state index in [-0.39, 0.29) is 6.04 Å². The predicted molar refractivity (Wildman–Crippen MR) is 71.7 cm³/mol. The van der Waals surface area contributed by atoms with E-state index in [9.17, 15) is 19.3 Å². The lowest BCUT2D eigenvalue weighted by Crippen LogP contribution is -2.35. The maximum Gasteiger partial charge on any atom is 0.293 e. The van der Waals surface area contributed by atoms with Crippen LogP contribution < -0.4 is 5.73 Å². The largest absolute Gasteiger partial charge is 0.392 e. The summed E-state index contributed by atoms with van der Waals surface area (Å²) >= 11 is 0. The molecule has 108 valence electrons. The second-order valence-corrected chi connectivity index (χ2v) is 5.26. The molecule has 1 amide bonds. The van der Waals surface area contributed by atoms with Gasteiger partial charge in [-0.3, -0.25) is 14.9 Å². The molecule has 0 spiro atoms. The zero-order valence-electron chi connectivity index (χ0n) is 11.3. The topological polar surface area (TPSA) is 89.5 Å². The van der Waals surface area contributed by atoms with Crippen molar-refractivity contribution in [3.8, 4) is 0 Å². The van der Waals surface area contributed by atoms with Crippen LogP contribution >= 0.6 is 0 Å². The Hall–Kier alpha value is -2.18. The van der Waals surface area contributed by atoms with Gasteiger partial charge in [0.05, 0.1) is 4.92 Å². The summed E-state index contributed by atoms with van der Waals surface area (Å²) in [6.07, 6.45) is 0.822. The van der Waals surface area contributed by atoms with Gasteiger partial charge in [-0.25, -0.2) is 4.39 Å². The minimum atomic E-state index is -0.829. The lowest BCUT2D eigenvalue weighted by atomic mass is 10.1. The van der Waals surface area contributed by atoms with E-state index >= 15 is 0 Å². The average molecular weight is 281 g/mol. The molecular formula is C13H16FN3O3. The fraction of sp³-hybridized carbons (Fsp3) is 0.462. The number of nitro groups is 1. The number of benzene rings is 1. The first-order chi connectivity index (χ1) is 9.32. The molecule has 1 saturated heterocycles. The number of nitrogen functional groups attached to an aromatic ring is 1. The lowest BCUT2D eigenvalue weighted by molar-refractivity contribution is -0.384. The number of rotatable bonds is 2. The van der Waals surface area contributed by atoms with Gasteiger partial charge in [-0.05, 0) is 25.3 Å². The summed E-state index contributed by atoms with van der Waals surface area (Å²) in [5.74, 6) is -1.10. The van der Waals surface area contributed by atoms with Crippen LogP contribution in [0.3, 0.4) is 0 Å². The summed E-state index contributed by atoms with van der Waals surface area (Å²) in [6.45, 7) is 4.37. The molecule has 0 aliphatic carbocycles. The second kappa shape index (κ2) is 5.07. The highest BCUT2D eigenvalue weighted by atomic mass is 19.1. The molecule has 2 rings (SSSR count). The summed E-state index contributed by atoms with van der Waals surface area (Å²) in [4.78, 5) is 24.0. The highest BCUT2D eigenvalue weighted by Crippen LogP contribution is 2.31. The zero-order valence-corrected chi connectivity index (χ0v) is 11.3. The number of carbonyl (C=O) groups excluding carboxylic acids is 1. The van der Waals surface area contributed by atoms with Gasteiger partial charge in [0.15, 0.2) is 0 Å². The van der Waals surface area contributed by atoms with Crippen LogP contribution in [0, 0.1) is 21.8 Å². The van der Waals surface area contributed by atoms with Crippen molar-refractivity contribution in [1.29, 1.82) is 0 Å². The first-order valence-corrected chi connectivity index (χ1v) is 6.36. The normalized spacial score (nSPS) is 22.1. The Labute approximate surface area is 115 Å². The van der Waals surface area contributed by atoms with Crippen LogP contribution in [0.5, 0.6) is 0 Å². The molecule has 2 N–H and O–H groups in total. The maximum atomic E-state index is 13.9. The summed E-state index contributed by atoms with van der Waals surface area (Å²) in [5.41, 5.74) is 4.34. The third-order valence-corrected chi connectivity index (χ3v) is 3.63. The Kier molecular flexibility index (Phi) is 3.61. The minimum absolute atomic E-state index is 0.0319. The van der Waals surface area contributed by atoms with E-state index in [1.165, 1.54) is 4.90 Å². The third-order valence-electron chi connectivity index (χ3n) is 3.63. The van der Waals surface area contributed by atoms with Crippen molar-refractivity contribution in [1.82, 2.24) is 4.90 Å². The minimum Gasteiger partial charge on any atom is -0.392 e. The fourth-order valence-corrected chi connectivity index (χ4v) is 2.68. The van der Waals surface area contributed by atoms with E-state index < -0.39 is 33.6 Å². The number of nitrogens with zero attached hydrogens (tertiary/aromatic N) is 2. The van der Waals surface area contributed by atoms with Crippen molar-refractivity contribution >= 4 is 17.3 Å². The van der Waals surface area contributed by atoms with Crippen molar-refractivity contribution in [3.05, 3.63) is 33.6 Å². The van der Waals surface area contributed by atoms with E-state index in [0.717, 1.165) is 18.6 Å². The third kappa shape index (κ3) is 2.31. The van der Waals surface area contributed by atoms with E-state index in [0.29, 0.717) is 12.5 Å². The fourth-order valence-electron chi connectivity index (χ4n) is 2.68. The van der Waals surface area contributed by atoms with Crippen LogP contribution in [0.15, 0.2) is 12.1 Å². The van der Waals surface area contributed by atoms with E-state index in [4.69, 9.17) is 5.73 Å². The highest BCUT2D eigenvalue weighted by Gasteiger charge is 2.34. The first-order valence-electron chi connectivity index (χ1n) is 6.36. The summed E-state index contributed by atoms with van der Waals surface area (Å²) in [6, 6.07) is 1.85. The number of halogens is 1. The molecule has 0 radical (unpaired) electrons. The Morgan fingerprint density at radius 1 is 1.50 bits per heavy atom. The van der Waals surface area contributed by atoms with Crippen molar-refractivity contribution in [3.63, 3.8) is 0 Å². The van der Waals surface area contributed by atoms with Crippen molar-refractivity contribution in [2.45, 2.75) is 26.3 Å². The standard InChI is InChI=1S/C13H16FN3O3/c1-7-5-8(2)16(6-7)13(18)11-9(14)3-4-10(12(11)15)17(19)20/h3-4,7-8H,5-6,15H2,1-2H3.